The molecular weight excluding hydrogens is 341 g/mol. The number of aromatic nitrogens is 2. The van der Waals surface area contributed by atoms with Crippen molar-refractivity contribution in [1.82, 2.24) is 7.95 Å². The number of imidazole rings is 1. The van der Waals surface area contributed by atoms with Gasteiger partial charge in [0.15, 0.2) is 0 Å². The zero-order valence-electron chi connectivity index (χ0n) is 5.45. The van der Waals surface area contributed by atoms with E-state index in [4.69, 9.17) is 0 Å². The fourth-order valence-electron chi connectivity index (χ4n) is 0.966. The van der Waals surface area contributed by atoms with Crippen molar-refractivity contribution in [2.45, 2.75) is 5.16 Å². The van der Waals surface area contributed by atoms with Gasteiger partial charge in [-0.3, -0.25) is 0 Å². The first-order valence-corrected chi connectivity index (χ1v) is 4.50. The predicted octanol–water partition coefficient (Wildman–Crippen LogP) is 1.63. The molecule has 0 amide bonds. The Morgan fingerprint density at radius 3 is 2.82 bits per heavy atom. The Morgan fingerprint density at radius 1 is 1.36 bits per heavy atom. The fourth-order valence-corrected chi connectivity index (χ4v) is 1.70. The maximum atomic E-state index is 4.23. The Kier molecular flexibility index (Phi) is 1.81. The molecule has 1 aromatic carbocycles. The second-order valence-electron chi connectivity index (χ2n) is 2.15. The number of hydrogen-bond donors (Lipinski definition) is 1. The standard InChI is InChI=1S/C7H5N2S.Au/c10-7-8-5-3-1-2-4-6(5)9-7;/h1-4H,(H-,8,9,10);/q-1;+1. The number of thiol groups is 1. The molecule has 0 N–H and O–H groups in total. The van der Waals surface area contributed by atoms with Crippen molar-refractivity contribution < 1.29 is 21.3 Å². The van der Waals surface area contributed by atoms with Crippen molar-refractivity contribution in [2.24, 2.45) is 0 Å². The number of benzene rings is 1. The average molecular weight is 346 g/mol. The van der Waals surface area contributed by atoms with E-state index in [1.54, 1.807) is 0 Å². The van der Waals surface area contributed by atoms with Crippen molar-refractivity contribution in [2.75, 3.05) is 0 Å². The summed E-state index contributed by atoms with van der Waals surface area (Å²) in [5.41, 5.74) is 2.08. The normalized spacial score (nSPS) is 10.8. The van der Waals surface area contributed by atoms with E-state index in [9.17, 15) is 0 Å². The van der Waals surface area contributed by atoms with E-state index < -0.39 is 0 Å². The van der Waals surface area contributed by atoms with Crippen molar-refractivity contribution in [3.05, 3.63) is 24.3 Å². The van der Waals surface area contributed by atoms with E-state index >= 15 is 0 Å². The first-order chi connectivity index (χ1) is 5.29. The molecule has 4 heteroatoms. The molecule has 1 heterocycles. The second-order valence-corrected chi connectivity index (χ2v) is 3.52. The molecule has 1 aromatic heterocycles. The average Bonchev–Trinajstić information content (AvgIpc) is 2.30. The minimum absolute atomic E-state index is 0.731. The van der Waals surface area contributed by atoms with Crippen LogP contribution in [0, 0.1) is 0 Å². The summed E-state index contributed by atoms with van der Waals surface area (Å²) in [6, 6.07) is 7.95. The Hall–Kier alpha value is -0.220. The van der Waals surface area contributed by atoms with Crippen molar-refractivity contribution in [1.29, 1.82) is 0 Å². The van der Waals surface area contributed by atoms with Crippen LogP contribution in [0.2, 0.25) is 0 Å². The van der Waals surface area contributed by atoms with Crippen molar-refractivity contribution >= 4 is 23.7 Å². The molecule has 2 rings (SSSR count). The number of para-hydroxylation sites is 2. The zero-order chi connectivity index (χ0) is 7.84. The molecule has 0 saturated heterocycles. The van der Waals surface area contributed by atoms with Crippen LogP contribution in [0.15, 0.2) is 29.4 Å². The van der Waals surface area contributed by atoms with Crippen LogP contribution in [0.3, 0.4) is 0 Å². The van der Waals surface area contributed by atoms with Gasteiger partial charge in [0.2, 0.25) is 0 Å². The Morgan fingerprint density at radius 2 is 2.09 bits per heavy atom. The Balaban J connectivity index is 2.92. The number of rotatable bonds is 0. The summed E-state index contributed by atoms with van der Waals surface area (Å²) in [5, 5.41) is 0.731. The molecule has 0 radical (unpaired) electrons. The molecule has 0 bridgehead atoms. The van der Waals surface area contributed by atoms with Gasteiger partial charge in [-0.05, 0) is 0 Å². The summed E-state index contributed by atoms with van der Waals surface area (Å²) in [4.78, 5) is 4.23. The summed E-state index contributed by atoms with van der Waals surface area (Å²) < 4.78 is 1.90. The van der Waals surface area contributed by atoms with E-state index in [2.05, 4.69) is 38.9 Å². The van der Waals surface area contributed by atoms with Gasteiger partial charge in [0.25, 0.3) is 0 Å². The zero-order valence-corrected chi connectivity index (χ0v) is 8.51. The summed E-state index contributed by atoms with van der Waals surface area (Å²) in [6.45, 7) is 0. The molecule has 60 valence electrons. The third-order valence-electron chi connectivity index (χ3n) is 1.46. The second kappa shape index (κ2) is 2.68. The number of nitrogens with zero attached hydrogens (tertiary/aromatic N) is 2. The van der Waals surface area contributed by atoms with Gasteiger partial charge < -0.3 is 0 Å². The number of fused-ring (bicyclic) bond motifs is 1. The SMILES string of the molecule is Sc1nc2ccccc2[n]1[Au]. The molecule has 2 aromatic rings. The van der Waals surface area contributed by atoms with Crippen LogP contribution in [-0.2, 0) is 21.3 Å². The van der Waals surface area contributed by atoms with Gasteiger partial charge in [-0.2, -0.15) is 0 Å². The van der Waals surface area contributed by atoms with E-state index in [0.29, 0.717) is 0 Å². The molecule has 0 aliphatic rings. The van der Waals surface area contributed by atoms with Gasteiger partial charge in [-0.1, -0.05) is 0 Å². The topological polar surface area (TPSA) is 17.8 Å². The minimum atomic E-state index is 0.731. The third kappa shape index (κ3) is 1.14. The van der Waals surface area contributed by atoms with Gasteiger partial charge in [0, 0.05) is 0 Å². The van der Waals surface area contributed by atoms with Crippen LogP contribution in [0.25, 0.3) is 11.0 Å². The van der Waals surface area contributed by atoms with Crippen LogP contribution in [0.4, 0.5) is 0 Å². The molecule has 0 fully saturated rings. The molecule has 0 aliphatic carbocycles. The van der Waals surface area contributed by atoms with E-state index in [-0.39, 0.29) is 0 Å². The van der Waals surface area contributed by atoms with Crippen LogP contribution in [0.1, 0.15) is 0 Å². The first-order valence-electron chi connectivity index (χ1n) is 3.08. The van der Waals surface area contributed by atoms with Crippen LogP contribution < -0.4 is 0 Å². The quantitative estimate of drug-likeness (QED) is 0.567. The molecule has 0 unspecified atom stereocenters. The molecule has 0 atom stereocenters. The van der Waals surface area contributed by atoms with E-state index in [0.717, 1.165) is 16.2 Å². The van der Waals surface area contributed by atoms with Crippen LogP contribution in [0.5, 0.6) is 0 Å². The molecule has 11 heavy (non-hydrogen) atoms. The van der Waals surface area contributed by atoms with E-state index in [1.807, 2.05) is 27.2 Å². The molecule has 0 saturated carbocycles. The first kappa shape index (κ1) is 7.43. The van der Waals surface area contributed by atoms with Gasteiger partial charge in [-0.25, -0.2) is 0 Å². The molecule has 0 spiro atoms. The predicted molar refractivity (Wildman–Crippen MR) is 42.4 cm³/mol. The summed E-state index contributed by atoms with van der Waals surface area (Å²) in [6.07, 6.45) is 0. The third-order valence-corrected chi connectivity index (χ3v) is 3.10. The maximum absolute atomic E-state index is 4.23. The van der Waals surface area contributed by atoms with Crippen molar-refractivity contribution in [3.63, 3.8) is 0 Å². The van der Waals surface area contributed by atoms with E-state index in [1.165, 1.54) is 0 Å². The van der Waals surface area contributed by atoms with Gasteiger partial charge in [-0.15, -0.1) is 0 Å². The summed E-state index contributed by atoms with van der Waals surface area (Å²) >= 11 is 6.56. The van der Waals surface area contributed by atoms with Crippen LogP contribution >= 0.6 is 12.6 Å². The summed E-state index contributed by atoms with van der Waals surface area (Å²) in [7, 11) is 0. The van der Waals surface area contributed by atoms with Crippen molar-refractivity contribution in [3.8, 4) is 0 Å². The Labute approximate surface area is 82.3 Å². The van der Waals surface area contributed by atoms with Gasteiger partial charge in [0.05, 0.1) is 0 Å². The molecule has 0 aliphatic heterocycles. The van der Waals surface area contributed by atoms with Gasteiger partial charge in [0.1, 0.15) is 0 Å². The molecular formula is C7H5AuN2S. The molecule has 2 nitrogen and oxygen atoms in total. The fraction of sp³-hybridized carbons (Fsp3) is 0. The Bertz CT molecular complexity index is 396. The summed E-state index contributed by atoms with van der Waals surface area (Å²) in [5.74, 6) is 0. The number of hydrogen-bond acceptors (Lipinski definition) is 2. The van der Waals surface area contributed by atoms with Gasteiger partial charge >= 0.3 is 82.4 Å². The van der Waals surface area contributed by atoms with Crippen LogP contribution in [-0.4, -0.2) is 7.95 Å². The monoisotopic (exact) mass is 346 g/mol.